The highest BCUT2D eigenvalue weighted by atomic mass is 19.4. The summed E-state index contributed by atoms with van der Waals surface area (Å²) in [6.45, 7) is 0.171. The van der Waals surface area contributed by atoms with E-state index in [0.29, 0.717) is 0 Å². The van der Waals surface area contributed by atoms with Crippen molar-refractivity contribution in [1.29, 1.82) is 0 Å². The molecular weight excluding hydrogens is 131 g/mol. The highest BCUT2D eigenvalue weighted by Crippen LogP contribution is 2.49. The lowest BCUT2D eigenvalue weighted by atomic mass is 10.3. The van der Waals surface area contributed by atoms with Gasteiger partial charge < -0.3 is 5.73 Å². The zero-order chi connectivity index (χ0) is 7.07. The number of rotatable bonds is 1. The fraction of sp³-hybridized carbons (Fsp3) is 1.00. The monoisotopic (exact) mass is 139 g/mol. The first-order chi connectivity index (χ1) is 4.05. The van der Waals surface area contributed by atoms with Gasteiger partial charge in [0.15, 0.2) is 0 Å². The van der Waals surface area contributed by atoms with E-state index in [0.717, 1.165) is 0 Å². The molecule has 1 saturated carbocycles. The van der Waals surface area contributed by atoms with Crippen LogP contribution in [-0.2, 0) is 0 Å². The summed E-state index contributed by atoms with van der Waals surface area (Å²) in [5.41, 5.74) is 5.02. The van der Waals surface area contributed by atoms with Gasteiger partial charge >= 0.3 is 6.18 Å². The lowest BCUT2D eigenvalue weighted by Gasteiger charge is -2.02. The van der Waals surface area contributed by atoms with E-state index in [1.54, 1.807) is 0 Å². The molecule has 2 N–H and O–H groups in total. The molecule has 0 bridgehead atoms. The smallest absolute Gasteiger partial charge is 0.330 e. The van der Waals surface area contributed by atoms with Crippen LogP contribution in [0.2, 0.25) is 0 Å². The predicted octanol–water partition coefficient (Wildman–Crippen LogP) is 1.14. The normalized spacial score (nSPS) is 34.7. The van der Waals surface area contributed by atoms with Crippen LogP contribution in [0.5, 0.6) is 0 Å². The molecule has 1 aliphatic carbocycles. The zero-order valence-corrected chi connectivity index (χ0v) is 4.78. The summed E-state index contributed by atoms with van der Waals surface area (Å²) < 4.78 is 34.9. The average Bonchev–Trinajstić information content (AvgIpc) is 2.39. The van der Waals surface area contributed by atoms with Gasteiger partial charge in [0, 0.05) is 0 Å². The van der Waals surface area contributed by atoms with E-state index in [4.69, 9.17) is 5.73 Å². The molecule has 1 rings (SSSR count). The molecule has 0 aromatic rings. The highest BCUT2D eigenvalue weighted by molar-refractivity contribution is 4.91. The van der Waals surface area contributed by atoms with Gasteiger partial charge in [-0.05, 0) is 18.9 Å². The van der Waals surface area contributed by atoms with Gasteiger partial charge in [-0.2, -0.15) is 13.2 Å². The SMILES string of the molecule is NC[C@@H]1C[C@H]1C(F)(F)F. The highest BCUT2D eigenvalue weighted by Gasteiger charge is 2.54. The Morgan fingerprint density at radius 3 is 2.11 bits per heavy atom. The minimum absolute atomic E-state index is 0.171. The Morgan fingerprint density at radius 1 is 1.44 bits per heavy atom. The molecule has 0 saturated heterocycles. The third-order valence-corrected chi connectivity index (χ3v) is 1.65. The molecule has 54 valence electrons. The predicted molar refractivity (Wildman–Crippen MR) is 26.7 cm³/mol. The van der Waals surface area contributed by atoms with Crippen molar-refractivity contribution in [1.82, 2.24) is 0 Å². The Labute approximate surface area is 51.0 Å². The maximum absolute atomic E-state index is 11.6. The Hall–Kier alpha value is -0.250. The molecule has 0 spiro atoms. The van der Waals surface area contributed by atoms with E-state index in [-0.39, 0.29) is 18.9 Å². The van der Waals surface area contributed by atoms with E-state index in [2.05, 4.69) is 0 Å². The van der Waals surface area contributed by atoms with Gasteiger partial charge in [0.25, 0.3) is 0 Å². The molecular formula is C5H8F3N. The first-order valence-electron chi connectivity index (χ1n) is 2.82. The Balaban J connectivity index is 2.33. The van der Waals surface area contributed by atoms with Gasteiger partial charge in [0.05, 0.1) is 5.92 Å². The quantitative estimate of drug-likeness (QED) is 0.579. The van der Waals surface area contributed by atoms with E-state index >= 15 is 0 Å². The molecule has 9 heavy (non-hydrogen) atoms. The Morgan fingerprint density at radius 2 is 2.00 bits per heavy atom. The van der Waals surface area contributed by atoms with Gasteiger partial charge in [-0.3, -0.25) is 0 Å². The topological polar surface area (TPSA) is 26.0 Å². The maximum Gasteiger partial charge on any atom is 0.392 e. The van der Waals surface area contributed by atoms with E-state index in [9.17, 15) is 13.2 Å². The summed E-state index contributed by atoms with van der Waals surface area (Å²) in [5.74, 6) is -1.38. The van der Waals surface area contributed by atoms with Crippen LogP contribution in [0.3, 0.4) is 0 Å². The maximum atomic E-state index is 11.6. The molecule has 1 nitrogen and oxygen atoms in total. The molecule has 1 aliphatic rings. The van der Waals surface area contributed by atoms with Crippen molar-refractivity contribution < 1.29 is 13.2 Å². The van der Waals surface area contributed by atoms with Crippen LogP contribution < -0.4 is 5.73 Å². The van der Waals surface area contributed by atoms with E-state index in [1.165, 1.54) is 0 Å². The Kier molecular flexibility index (Phi) is 1.42. The second kappa shape index (κ2) is 1.87. The van der Waals surface area contributed by atoms with Crippen molar-refractivity contribution >= 4 is 0 Å². The number of halogens is 3. The number of hydrogen-bond acceptors (Lipinski definition) is 1. The average molecular weight is 139 g/mol. The van der Waals surface area contributed by atoms with Crippen molar-refractivity contribution in [3.8, 4) is 0 Å². The van der Waals surface area contributed by atoms with Crippen molar-refractivity contribution in [2.45, 2.75) is 12.6 Å². The van der Waals surface area contributed by atoms with Crippen molar-refractivity contribution in [3.05, 3.63) is 0 Å². The third-order valence-electron chi connectivity index (χ3n) is 1.65. The van der Waals surface area contributed by atoms with Crippen LogP contribution in [0, 0.1) is 11.8 Å². The molecule has 0 unspecified atom stereocenters. The summed E-state index contributed by atoms with van der Waals surface area (Å²) in [6.07, 6.45) is -3.76. The zero-order valence-electron chi connectivity index (χ0n) is 4.78. The lowest BCUT2D eigenvalue weighted by Crippen LogP contribution is -2.15. The molecule has 0 aromatic heterocycles. The summed E-state index contributed by atoms with van der Waals surface area (Å²) >= 11 is 0. The van der Waals surface area contributed by atoms with E-state index in [1.807, 2.05) is 0 Å². The number of nitrogens with two attached hydrogens (primary N) is 1. The first-order valence-corrected chi connectivity index (χ1v) is 2.82. The number of alkyl halides is 3. The lowest BCUT2D eigenvalue weighted by molar-refractivity contribution is -0.150. The van der Waals surface area contributed by atoms with Crippen LogP contribution in [0.15, 0.2) is 0 Å². The third kappa shape index (κ3) is 1.36. The van der Waals surface area contributed by atoms with Crippen LogP contribution in [0.25, 0.3) is 0 Å². The minimum Gasteiger partial charge on any atom is -0.330 e. The van der Waals surface area contributed by atoms with Crippen molar-refractivity contribution in [3.63, 3.8) is 0 Å². The van der Waals surface area contributed by atoms with Gasteiger partial charge in [0.2, 0.25) is 0 Å². The summed E-state index contributed by atoms with van der Waals surface area (Å²) in [4.78, 5) is 0. The molecule has 0 aliphatic heterocycles. The largest absolute Gasteiger partial charge is 0.392 e. The molecule has 1 fully saturated rings. The van der Waals surface area contributed by atoms with Crippen LogP contribution in [0.1, 0.15) is 6.42 Å². The van der Waals surface area contributed by atoms with Crippen LogP contribution >= 0.6 is 0 Å². The fourth-order valence-corrected chi connectivity index (χ4v) is 0.909. The van der Waals surface area contributed by atoms with E-state index < -0.39 is 12.1 Å². The molecule has 2 atom stereocenters. The second-order valence-corrected chi connectivity index (χ2v) is 2.38. The van der Waals surface area contributed by atoms with Gasteiger partial charge in [-0.15, -0.1) is 0 Å². The number of hydrogen-bond donors (Lipinski definition) is 1. The summed E-state index contributed by atoms with van der Waals surface area (Å²) in [6, 6.07) is 0. The molecule has 0 heterocycles. The summed E-state index contributed by atoms with van der Waals surface area (Å²) in [5, 5.41) is 0. The minimum atomic E-state index is -4.00. The van der Waals surface area contributed by atoms with Crippen molar-refractivity contribution in [2.24, 2.45) is 17.6 Å². The van der Waals surface area contributed by atoms with Gasteiger partial charge in [-0.25, -0.2) is 0 Å². The molecule has 0 aromatic carbocycles. The van der Waals surface area contributed by atoms with Crippen LogP contribution in [-0.4, -0.2) is 12.7 Å². The molecule has 0 amide bonds. The second-order valence-electron chi connectivity index (χ2n) is 2.38. The standard InChI is InChI=1S/C5H8F3N/c6-5(7,8)4-1-3(4)2-9/h3-4H,1-2,9H2/t3-,4+/m0/s1. The first kappa shape index (κ1) is 6.86. The fourth-order valence-electron chi connectivity index (χ4n) is 0.909. The Bertz CT molecular complexity index is 109. The van der Waals surface area contributed by atoms with Gasteiger partial charge in [-0.1, -0.05) is 0 Å². The van der Waals surface area contributed by atoms with Crippen LogP contribution in [0.4, 0.5) is 13.2 Å². The summed E-state index contributed by atoms with van der Waals surface area (Å²) in [7, 11) is 0. The van der Waals surface area contributed by atoms with Gasteiger partial charge in [0.1, 0.15) is 0 Å². The van der Waals surface area contributed by atoms with Crippen molar-refractivity contribution in [2.75, 3.05) is 6.54 Å². The molecule has 0 radical (unpaired) electrons. The molecule has 4 heteroatoms.